The molecule has 0 radical (unpaired) electrons. The molecule has 2 heterocycles. The summed E-state index contributed by atoms with van der Waals surface area (Å²) >= 11 is 0. The molecule has 1 atom stereocenters. The molecule has 2 aromatic carbocycles. The molecular weight excluding hydrogens is 456 g/mol. The average molecular weight is 489 g/mol. The van der Waals surface area contributed by atoms with Crippen molar-refractivity contribution in [3.63, 3.8) is 0 Å². The van der Waals surface area contributed by atoms with Crippen LogP contribution in [0.15, 0.2) is 73.1 Å². The van der Waals surface area contributed by atoms with Crippen molar-refractivity contribution in [3.8, 4) is 17.2 Å². The first-order chi connectivity index (χ1) is 17.7. The highest BCUT2D eigenvalue weighted by atomic mass is 16.5. The van der Waals surface area contributed by atoms with Crippen LogP contribution in [0.2, 0.25) is 0 Å². The molecule has 1 unspecified atom stereocenters. The normalized spacial score (nSPS) is 15.5. The second kappa shape index (κ2) is 13.1. The quantitative estimate of drug-likeness (QED) is 0.321. The van der Waals surface area contributed by atoms with E-state index in [2.05, 4.69) is 20.2 Å². The number of piperidine rings is 1. The molecule has 1 saturated heterocycles. The van der Waals surface area contributed by atoms with Gasteiger partial charge in [0.05, 0.1) is 6.61 Å². The number of amides is 1. The Bertz CT molecular complexity index is 1120. The molecule has 1 fully saturated rings. The molecule has 188 valence electrons. The standard InChI is InChI=1S/C28H32N4O4/c1-2-34-26-20-22(11-13-25(26)36-19-18-35-24-9-4-3-5-10-24)12-14-27(33)31-23-8-6-17-32(21-23)28-29-15-7-16-30-28/h3-5,7,9-16,20,23H,2,6,8,17-19,21H2,1H3,(H,31,33)/b14-12+. The maximum atomic E-state index is 12.6. The molecule has 1 amide bonds. The Kier molecular flexibility index (Phi) is 9.13. The van der Waals surface area contributed by atoms with E-state index in [1.54, 1.807) is 30.6 Å². The van der Waals surface area contributed by atoms with Crippen LogP contribution in [-0.4, -0.2) is 54.8 Å². The Morgan fingerprint density at radius 1 is 1.03 bits per heavy atom. The average Bonchev–Trinajstić information content (AvgIpc) is 2.92. The third-order valence-electron chi connectivity index (χ3n) is 5.65. The van der Waals surface area contributed by atoms with E-state index in [0.717, 1.165) is 30.7 Å². The summed E-state index contributed by atoms with van der Waals surface area (Å²) in [5.41, 5.74) is 0.851. The topological polar surface area (TPSA) is 85.8 Å². The van der Waals surface area contributed by atoms with Crippen molar-refractivity contribution in [2.75, 3.05) is 37.8 Å². The molecule has 0 spiro atoms. The van der Waals surface area contributed by atoms with Crippen molar-refractivity contribution in [3.05, 3.63) is 78.6 Å². The van der Waals surface area contributed by atoms with Crippen molar-refractivity contribution >= 4 is 17.9 Å². The fraction of sp³-hybridized carbons (Fsp3) is 0.321. The number of nitrogens with zero attached hydrogens (tertiary/aromatic N) is 3. The largest absolute Gasteiger partial charge is 0.490 e. The van der Waals surface area contributed by atoms with E-state index in [1.807, 2.05) is 55.5 Å². The number of para-hydroxylation sites is 1. The summed E-state index contributed by atoms with van der Waals surface area (Å²) in [5, 5.41) is 3.10. The van der Waals surface area contributed by atoms with Gasteiger partial charge < -0.3 is 24.4 Å². The van der Waals surface area contributed by atoms with Gasteiger partial charge in [0.25, 0.3) is 0 Å². The number of benzene rings is 2. The Morgan fingerprint density at radius 3 is 2.64 bits per heavy atom. The molecule has 0 saturated carbocycles. The van der Waals surface area contributed by atoms with Crippen LogP contribution in [-0.2, 0) is 4.79 Å². The van der Waals surface area contributed by atoms with Crippen molar-refractivity contribution in [1.82, 2.24) is 15.3 Å². The van der Waals surface area contributed by atoms with E-state index in [4.69, 9.17) is 14.2 Å². The summed E-state index contributed by atoms with van der Waals surface area (Å²) in [6.07, 6.45) is 8.70. The monoisotopic (exact) mass is 488 g/mol. The summed E-state index contributed by atoms with van der Waals surface area (Å²) in [5.74, 6) is 2.64. The summed E-state index contributed by atoms with van der Waals surface area (Å²) < 4.78 is 17.3. The SMILES string of the molecule is CCOc1cc(/C=C/C(=O)NC2CCCN(c3ncccn3)C2)ccc1OCCOc1ccccc1. The van der Waals surface area contributed by atoms with E-state index >= 15 is 0 Å². The molecule has 8 nitrogen and oxygen atoms in total. The smallest absolute Gasteiger partial charge is 0.244 e. The summed E-state index contributed by atoms with van der Waals surface area (Å²) in [4.78, 5) is 23.3. The van der Waals surface area contributed by atoms with Gasteiger partial charge in [0.15, 0.2) is 11.5 Å². The minimum absolute atomic E-state index is 0.0487. The summed E-state index contributed by atoms with van der Waals surface area (Å²) in [7, 11) is 0. The van der Waals surface area contributed by atoms with Gasteiger partial charge in [-0.2, -0.15) is 0 Å². The molecule has 3 aromatic rings. The third-order valence-corrected chi connectivity index (χ3v) is 5.65. The molecule has 1 aliphatic rings. The van der Waals surface area contributed by atoms with E-state index < -0.39 is 0 Å². The van der Waals surface area contributed by atoms with E-state index in [9.17, 15) is 4.79 Å². The van der Waals surface area contributed by atoms with Gasteiger partial charge in [-0.05, 0) is 61.7 Å². The maximum absolute atomic E-state index is 12.6. The van der Waals surface area contributed by atoms with Crippen LogP contribution >= 0.6 is 0 Å². The summed E-state index contributed by atoms with van der Waals surface area (Å²) in [6, 6.07) is 17.1. The van der Waals surface area contributed by atoms with Crippen molar-refractivity contribution in [2.24, 2.45) is 0 Å². The number of nitrogens with one attached hydrogen (secondary N) is 1. The molecule has 1 aromatic heterocycles. The van der Waals surface area contributed by atoms with Crippen LogP contribution in [0.1, 0.15) is 25.3 Å². The fourth-order valence-corrected chi connectivity index (χ4v) is 4.00. The van der Waals surface area contributed by atoms with Crippen LogP contribution < -0.4 is 24.4 Å². The van der Waals surface area contributed by atoms with Crippen molar-refractivity contribution in [1.29, 1.82) is 0 Å². The van der Waals surface area contributed by atoms with Crippen LogP contribution in [0.5, 0.6) is 17.2 Å². The molecule has 0 aliphatic carbocycles. The Morgan fingerprint density at radius 2 is 1.83 bits per heavy atom. The molecule has 1 aliphatic heterocycles. The lowest BCUT2D eigenvalue weighted by molar-refractivity contribution is -0.117. The van der Waals surface area contributed by atoms with Gasteiger partial charge in [0.1, 0.15) is 19.0 Å². The minimum Gasteiger partial charge on any atom is -0.490 e. The second-order valence-electron chi connectivity index (χ2n) is 8.33. The van der Waals surface area contributed by atoms with Crippen molar-refractivity contribution < 1.29 is 19.0 Å². The highest BCUT2D eigenvalue weighted by Gasteiger charge is 2.22. The number of carbonyl (C=O) groups excluding carboxylic acids is 1. The first-order valence-corrected chi connectivity index (χ1v) is 12.3. The molecular formula is C28H32N4O4. The lowest BCUT2D eigenvalue weighted by Gasteiger charge is -2.32. The fourth-order valence-electron chi connectivity index (χ4n) is 4.00. The third kappa shape index (κ3) is 7.46. The number of ether oxygens (including phenoxy) is 3. The Hall–Kier alpha value is -4.07. The number of hydrogen-bond donors (Lipinski definition) is 1. The van der Waals surface area contributed by atoms with Crippen molar-refractivity contribution in [2.45, 2.75) is 25.8 Å². The molecule has 8 heteroatoms. The second-order valence-corrected chi connectivity index (χ2v) is 8.33. The lowest BCUT2D eigenvalue weighted by Crippen LogP contribution is -2.47. The van der Waals surface area contributed by atoms with Gasteiger partial charge in [-0.3, -0.25) is 4.79 Å². The summed E-state index contributed by atoms with van der Waals surface area (Å²) in [6.45, 7) is 4.82. The van der Waals surface area contributed by atoms with Crippen LogP contribution in [0, 0.1) is 0 Å². The van der Waals surface area contributed by atoms with Crippen LogP contribution in [0.3, 0.4) is 0 Å². The zero-order valence-corrected chi connectivity index (χ0v) is 20.5. The van der Waals surface area contributed by atoms with E-state index in [1.165, 1.54) is 0 Å². The van der Waals surface area contributed by atoms with Gasteiger partial charge in [0, 0.05) is 37.6 Å². The lowest BCUT2D eigenvalue weighted by atomic mass is 10.1. The van der Waals surface area contributed by atoms with Crippen LogP contribution in [0.4, 0.5) is 5.95 Å². The molecule has 36 heavy (non-hydrogen) atoms. The van der Waals surface area contributed by atoms with Gasteiger partial charge in [-0.15, -0.1) is 0 Å². The number of rotatable bonds is 11. The zero-order valence-electron chi connectivity index (χ0n) is 20.5. The number of aromatic nitrogens is 2. The maximum Gasteiger partial charge on any atom is 0.244 e. The zero-order chi connectivity index (χ0) is 25.0. The highest BCUT2D eigenvalue weighted by molar-refractivity contribution is 5.92. The Labute approximate surface area is 211 Å². The predicted molar refractivity (Wildman–Crippen MR) is 139 cm³/mol. The molecule has 1 N–H and O–H groups in total. The van der Waals surface area contributed by atoms with Gasteiger partial charge in [-0.25, -0.2) is 9.97 Å². The first-order valence-electron chi connectivity index (χ1n) is 12.3. The number of hydrogen-bond acceptors (Lipinski definition) is 7. The predicted octanol–water partition coefficient (Wildman–Crippen LogP) is 4.13. The first kappa shape index (κ1) is 25.0. The number of anilines is 1. The molecule has 0 bridgehead atoms. The highest BCUT2D eigenvalue weighted by Crippen LogP contribution is 2.29. The van der Waals surface area contributed by atoms with Gasteiger partial charge in [0.2, 0.25) is 11.9 Å². The van der Waals surface area contributed by atoms with Crippen LogP contribution in [0.25, 0.3) is 6.08 Å². The number of carbonyl (C=O) groups is 1. The van der Waals surface area contributed by atoms with E-state index in [0.29, 0.717) is 43.8 Å². The van der Waals surface area contributed by atoms with E-state index in [-0.39, 0.29) is 11.9 Å². The van der Waals surface area contributed by atoms with Gasteiger partial charge in [-0.1, -0.05) is 24.3 Å². The minimum atomic E-state index is -0.132. The van der Waals surface area contributed by atoms with Gasteiger partial charge >= 0.3 is 0 Å². The molecule has 4 rings (SSSR count). The Balaban J connectivity index is 1.29.